The van der Waals surface area contributed by atoms with Crippen molar-refractivity contribution in [3.05, 3.63) is 66.2 Å². The average molecular weight is 353 g/mol. The van der Waals surface area contributed by atoms with Gasteiger partial charge in [0.1, 0.15) is 5.82 Å². The molecule has 0 fully saturated rings. The van der Waals surface area contributed by atoms with Crippen molar-refractivity contribution in [3.8, 4) is 22.9 Å². The molecule has 0 unspecified atom stereocenters. The highest BCUT2D eigenvalue weighted by atomic mass is 19.1. The molecule has 2 aromatic carbocycles. The van der Waals surface area contributed by atoms with E-state index in [0.29, 0.717) is 28.6 Å². The van der Waals surface area contributed by atoms with Gasteiger partial charge in [-0.2, -0.15) is 0 Å². The van der Waals surface area contributed by atoms with E-state index in [9.17, 15) is 9.18 Å². The number of hydrogen-bond donors (Lipinski definition) is 1. The van der Waals surface area contributed by atoms with Crippen LogP contribution in [0.1, 0.15) is 10.4 Å². The molecule has 0 aliphatic heterocycles. The maximum absolute atomic E-state index is 13.3. The Hall–Kier alpha value is -3.48. The average Bonchev–Trinajstić information content (AvgIpc) is 2.68. The van der Waals surface area contributed by atoms with Gasteiger partial charge in [0, 0.05) is 29.7 Å². The highest BCUT2D eigenvalue weighted by Gasteiger charge is 2.11. The van der Waals surface area contributed by atoms with Crippen LogP contribution in [0.4, 0.5) is 10.1 Å². The minimum Gasteiger partial charge on any atom is -0.493 e. The van der Waals surface area contributed by atoms with Gasteiger partial charge < -0.3 is 14.8 Å². The molecule has 0 atom stereocenters. The Morgan fingerprint density at radius 2 is 1.73 bits per heavy atom. The largest absolute Gasteiger partial charge is 0.493 e. The molecule has 1 amide bonds. The number of carbonyl (C=O) groups is 1. The van der Waals surface area contributed by atoms with Gasteiger partial charge in [-0.1, -0.05) is 12.1 Å². The second-order valence-electron chi connectivity index (χ2n) is 5.33. The minimum absolute atomic E-state index is 0.278. The fourth-order valence-corrected chi connectivity index (χ4v) is 2.34. The van der Waals surface area contributed by atoms with Crippen molar-refractivity contribution < 1.29 is 18.7 Å². The standard InChI is InChI=1S/C19H16FN3O3/c1-25-16-7-6-15(9-17(16)26-2)23-19(24)13-10-21-18(22-11-13)12-4-3-5-14(20)8-12/h3-11H,1-2H3,(H,23,24). The summed E-state index contributed by atoms with van der Waals surface area (Å²) in [5, 5.41) is 2.74. The molecule has 26 heavy (non-hydrogen) atoms. The van der Waals surface area contributed by atoms with Crippen molar-refractivity contribution in [3.63, 3.8) is 0 Å². The lowest BCUT2D eigenvalue weighted by molar-refractivity contribution is 0.102. The Labute approximate surface area is 149 Å². The molecule has 0 aliphatic carbocycles. The number of aromatic nitrogens is 2. The predicted octanol–water partition coefficient (Wildman–Crippen LogP) is 3.55. The molecule has 1 heterocycles. The number of anilines is 1. The van der Waals surface area contributed by atoms with Crippen LogP contribution in [0, 0.1) is 5.82 Å². The maximum atomic E-state index is 13.3. The number of halogens is 1. The topological polar surface area (TPSA) is 73.3 Å². The monoisotopic (exact) mass is 353 g/mol. The maximum Gasteiger partial charge on any atom is 0.258 e. The Balaban J connectivity index is 1.76. The lowest BCUT2D eigenvalue weighted by Crippen LogP contribution is -2.13. The third kappa shape index (κ3) is 3.77. The number of amides is 1. The summed E-state index contributed by atoms with van der Waals surface area (Å²) in [6.07, 6.45) is 2.78. The van der Waals surface area contributed by atoms with Gasteiger partial charge in [-0.25, -0.2) is 14.4 Å². The first kappa shape index (κ1) is 17.3. The first-order chi connectivity index (χ1) is 12.6. The number of nitrogens with one attached hydrogen (secondary N) is 1. The van der Waals surface area contributed by atoms with Crippen LogP contribution < -0.4 is 14.8 Å². The summed E-state index contributed by atoms with van der Waals surface area (Å²) in [7, 11) is 3.05. The van der Waals surface area contributed by atoms with E-state index in [1.807, 2.05) is 0 Å². The molecule has 1 aromatic heterocycles. The van der Waals surface area contributed by atoms with Gasteiger partial charge in [0.2, 0.25) is 0 Å². The Bertz CT molecular complexity index is 930. The molecule has 132 valence electrons. The highest BCUT2D eigenvalue weighted by molar-refractivity contribution is 6.04. The number of ether oxygens (including phenoxy) is 2. The molecular formula is C19H16FN3O3. The lowest BCUT2D eigenvalue weighted by atomic mass is 10.2. The van der Waals surface area contributed by atoms with Gasteiger partial charge in [-0.15, -0.1) is 0 Å². The van der Waals surface area contributed by atoms with Gasteiger partial charge >= 0.3 is 0 Å². The van der Waals surface area contributed by atoms with Crippen molar-refractivity contribution in [2.24, 2.45) is 0 Å². The van der Waals surface area contributed by atoms with E-state index in [0.717, 1.165) is 0 Å². The third-order valence-corrected chi connectivity index (χ3v) is 3.64. The molecule has 1 N–H and O–H groups in total. The summed E-state index contributed by atoms with van der Waals surface area (Å²) < 4.78 is 23.6. The van der Waals surface area contributed by atoms with Crippen molar-refractivity contribution in [1.82, 2.24) is 9.97 Å². The van der Waals surface area contributed by atoms with Crippen LogP contribution in [0.25, 0.3) is 11.4 Å². The molecule has 7 heteroatoms. The zero-order valence-electron chi connectivity index (χ0n) is 14.2. The number of benzene rings is 2. The SMILES string of the molecule is COc1ccc(NC(=O)c2cnc(-c3cccc(F)c3)nc2)cc1OC. The Kier molecular flexibility index (Phi) is 5.07. The first-order valence-corrected chi connectivity index (χ1v) is 7.72. The number of hydrogen-bond acceptors (Lipinski definition) is 5. The zero-order valence-corrected chi connectivity index (χ0v) is 14.2. The van der Waals surface area contributed by atoms with Gasteiger partial charge in [-0.3, -0.25) is 4.79 Å². The summed E-state index contributed by atoms with van der Waals surface area (Å²) in [4.78, 5) is 20.6. The normalized spacial score (nSPS) is 10.3. The molecule has 0 aliphatic rings. The Morgan fingerprint density at radius 1 is 1.00 bits per heavy atom. The number of nitrogens with zero attached hydrogens (tertiary/aromatic N) is 2. The molecule has 0 saturated heterocycles. The van der Waals surface area contributed by atoms with Gasteiger partial charge in [0.05, 0.1) is 19.8 Å². The highest BCUT2D eigenvalue weighted by Crippen LogP contribution is 2.29. The molecule has 0 radical (unpaired) electrons. The van der Waals surface area contributed by atoms with E-state index in [1.54, 1.807) is 30.3 Å². The fourth-order valence-electron chi connectivity index (χ4n) is 2.34. The first-order valence-electron chi connectivity index (χ1n) is 7.72. The number of methoxy groups -OCH3 is 2. The van der Waals surface area contributed by atoms with E-state index >= 15 is 0 Å². The van der Waals surface area contributed by atoms with Crippen LogP contribution in [0.15, 0.2) is 54.9 Å². The van der Waals surface area contributed by atoms with Crippen LogP contribution in [0.3, 0.4) is 0 Å². The lowest BCUT2D eigenvalue weighted by Gasteiger charge is -2.10. The smallest absolute Gasteiger partial charge is 0.258 e. The molecule has 0 spiro atoms. The second-order valence-corrected chi connectivity index (χ2v) is 5.33. The van der Waals surface area contributed by atoms with Crippen molar-refractivity contribution in [1.29, 1.82) is 0 Å². The van der Waals surface area contributed by atoms with Crippen LogP contribution in [0.5, 0.6) is 11.5 Å². The summed E-state index contributed by atoms with van der Waals surface area (Å²) in [5.41, 5.74) is 1.36. The van der Waals surface area contributed by atoms with Gasteiger partial charge in [0.25, 0.3) is 5.91 Å². The summed E-state index contributed by atoms with van der Waals surface area (Å²) in [5.74, 6) is 0.660. The van der Waals surface area contributed by atoms with Crippen LogP contribution in [0.2, 0.25) is 0 Å². The second kappa shape index (κ2) is 7.60. The molecular weight excluding hydrogens is 337 g/mol. The quantitative estimate of drug-likeness (QED) is 0.759. The van der Waals surface area contributed by atoms with Crippen molar-refractivity contribution in [2.75, 3.05) is 19.5 Å². The zero-order chi connectivity index (χ0) is 18.5. The van der Waals surface area contributed by atoms with E-state index in [2.05, 4.69) is 15.3 Å². The van der Waals surface area contributed by atoms with Crippen molar-refractivity contribution >= 4 is 11.6 Å². The van der Waals surface area contributed by atoms with Crippen LogP contribution in [-0.4, -0.2) is 30.1 Å². The Morgan fingerprint density at radius 3 is 2.38 bits per heavy atom. The van der Waals surface area contributed by atoms with Gasteiger partial charge in [-0.05, 0) is 24.3 Å². The van der Waals surface area contributed by atoms with E-state index in [-0.39, 0.29) is 17.3 Å². The molecule has 0 bridgehead atoms. The summed E-state index contributed by atoms with van der Waals surface area (Å²) in [6.45, 7) is 0. The molecule has 3 rings (SSSR count). The van der Waals surface area contributed by atoms with Crippen LogP contribution in [-0.2, 0) is 0 Å². The molecule has 0 saturated carbocycles. The van der Waals surface area contributed by atoms with E-state index < -0.39 is 0 Å². The summed E-state index contributed by atoms with van der Waals surface area (Å²) in [6, 6.07) is 11.0. The van der Waals surface area contributed by atoms with Gasteiger partial charge in [0.15, 0.2) is 17.3 Å². The molecule has 3 aromatic rings. The molecule has 6 nitrogen and oxygen atoms in total. The summed E-state index contributed by atoms with van der Waals surface area (Å²) >= 11 is 0. The van der Waals surface area contributed by atoms with Crippen LogP contribution >= 0.6 is 0 Å². The third-order valence-electron chi connectivity index (χ3n) is 3.64. The predicted molar refractivity (Wildman–Crippen MR) is 94.9 cm³/mol. The van der Waals surface area contributed by atoms with Crippen molar-refractivity contribution in [2.45, 2.75) is 0 Å². The van der Waals surface area contributed by atoms with E-state index in [4.69, 9.17) is 9.47 Å². The number of carbonyl (C=O) groups excluding carboxylic acids is 1. The number of rotatable bonds is 5. The minimum atomic E-state index is -0.374. The fraction of sp³-hybridized carbons (Fsp3) is 0.105. The van der Waals surface area contributed by atoms with E-state index in [1.165, 1.54) is 38.7 Å².